The van der Waals surface area contributed by atoms with Gasteiger partial charge in [0.1, 0.15) is 11.9 Å². The number of aryl methyl sites for hydroxylation is 2. The van der Waals surface area contributed by atoms with E-state index < -0.39 is 0 Å². The molecular formula is C20H26N2O4. The molecule has 2 saturated heterocycles. The summed E-state index contributed by atoms with van der Waals surface area (Å²) in [5.41, 5.74) is 2.74. The molecule has 2 aliphatic heterocycles. The van der Waals surface area contributed by atoms with Crippen LogP contribution in [-0.4, -0.2) is 65.6 Å². The number of phenols is 1. The summed E-state index contributed by atoms with van der Waals surface area (Å²) in [6.45, 7) is 2.69. The van der Waals surface area contributed by atoms with Crippen molar-refractivity contribution in [3.63, 3.8) is 0 Å². The molecule has 0 saturated carbocycles. The van der Waals surface area contributed by atoms with Gasteiger partial charge in [-0.1, -0.05) is 0 Å². The molecule has 6 heteroatoms. The van der Waals surface area contributed by atoms with Crippen molar-refractivity contribution < 1.29 is 19.4 Å². The summed E-state index contributed by atoms with van der Waals surface area (Å²) >= 11 is 0. The molecule has 1 unspecified atom stereocenters. The fraction of sp³-hybridized carbons (Fsp3) is 0.600. The number of carbonyl (C=O) groups is 2. The van der Waals surface area contributed by atoms with Crippen LogP contribution < -0.4 is 0 Å². The number of amides is 2. The minimum absolute atomic E-state index is 0.0474. The second-order valence-electron chi connectivity index (χ2n) is 7.46. The molecule has 1 atom stereocenters. The molecule has 6 nitrogen and oxygen atoms in total. The van der Waals surface area contributed by atoms with Gasteiger partial charge in [0.25, 0.3) is 11.8 Å². The van der Waals surface area contributed by atoms with E-state index in [2.05, 4.69) is 0 Å². The first-order valence-electron chi connectivity index (χ1n) is 9.68. The Hall–Kier alpha value is -2.08. The molecule has 140 valence electrons. The normalized spacial score (nSPS) is 23.0. The van der Waals surface area contributed by atoms with Crippen LogP contribution in [0.3, 0.4) is 0 Å². The van der Waals surface area contributed by atoms with E-state index in [0.717, 1.165) is 44.1 Å². The lowest BCUT2D eigenvalue weighted by molar-refractivity contribution is -0.142. The second kappa shape index (κ2) is 7.27. The molecule has 2 amide bonds. The number of hydrogen-bond acceptors (Lipinski definition) is 4. The van der Waals surface area contributed by atoms with Gasteiger partial charge in [-0.15, -0.1) is 0 Å². The fourth-order valence-corrected chi connectivity index (χ4v) is 4.22. The smallest absolute Gasteiger partial charge is 0.257 e. The quantitative estimate of drug-likeness (QED) is 0.874. The highest BCUT2D eigenvalue weighted by Crippen LogP contribution is 2.29. The summed E-state index contributed by atoms with van der Waals surface area (Å²) in [5.74, 6) is -0.0140. The summed E-state index contributed by atoms with van der Waals surface area (Å²) in [7, 11) is 0. The molecule has 2 heterocycles. The minimum Gasteiger partial charge on any atom is -0.507 e. The van der Waals surface area contributed by atoms with Crippen molar-refractivity contribution in [3.05, 3.63) is 28.8 Å². The van der Waals surface area contributed by atoms with Gasteiger partial charge in [-0.2, -0.15) is 0 Å². The van der Waals surface area contributed by atoms with E-state index in [1.165, 1.54) is 5.56 Å². The highest BCUT2D eigenvalue weighted by Gasteiger charge is 2.32. The van der Waals surface area contributed by atoms with Crippen molar-refractivity contribution in [2.45, 2.75) is 44.6 Å². The molecule has 2 fully saturated rings. The van der Waals surface area contributed by atoms with E-state index in [4.69, 9.17) is 4.74 Å². The molecule has 1 aliphatic carbocycles. The maximum Gasteiger partial charge on any atom is 0.257 e. The van der Waals surface area contributed by atoms with Crippen molar-refractivity contribution >= 4 is 11.8 Å². The lowest BCUT2D eigenvalue weighted by atomic mass is 9.89. The topological polar surface area (TPSA) is 70.1 Å². The summed E-state index contributed by atoms with van der Waals surface area (Å²) in [4.78, 5) is 28.8. The summed E-state index contributed by atoms with van der Waals surface area (Å²) in [5, 5.41) is 10.3. The van der Waals surface area contributed by atoms with E-state index in [0.29, 0.717) is 38.3 Å². The number of piperazine rings is 1. The maximum absolute atomic E-state index is 12.9. The first-order valence-corrected chi connectivity index (χ1v) is 9.68. The van der Waals surface area contributed by atoms with Crippen LogP contribution >= 0.6 is 0 Å². The number of ether oxygens (including phenoxy) is 1. The molecule has 0 aromatic heterocycles. The zero-order valence-corrected chi connectivity index (χ0v) is 15.1. The number of nitrogens with zero attached hydrogens (tertiary/aromatic N) is 2. The average Bonchev–Trinajstić information content (AvgIpc) is 3.21. The number of benzene rings is 1. The Morgan fingerprint density at radius 3 is 2.27 bits per heavy atom. The van der Waals surface area contributed by atoms with Crippen molar-refractivity contribution in [2.24, 2.45) is 0 Å². The Labute approximate surface area is 153 Å². The Kier molecular flexibility index (Phi) is 4.85. The van der Waals surface area contributed by atoms with Crippen molar-refractivity contribution in [2.75, 3.05) is 32.8 Å². The number of fused-ring (bicyclic) bond motifs is 1. The Balaban J connectivity index is 1.41. The van der Waals surface area contributed by atoms with Crippen LogP contribution in [0.25, 0.3) is 0 Å². The van der Waals surface area contributed by atoms with Crippen molar-refractivity contribution in [1.29, 1.82) is 0 Å². The van der Waals surface area contributed by atoms with Crippen LogP contribution in [0.4, 0.5) is 0 Å². The van der Waals surface area contributed by atoms with Crippen LogP contribution in [0, 0.1) is 0 Å². The monoisotopic (exact) mass is 358 g/mol. The van der Waals surface area contributed by atoms with Gasteiger partial charge in [0.05, 0.1) is 5.56 Å². The molecule has 1 aromatic carbocycles. The van der Waals surface area contributed by atoms with Crippen molar-refractivity contribution in [3.8, 4) is 5.75 Å². The predicted octanol–water partition coefficient (Wildman–Crippen LogP) is 1.73. The van der Waals surface area contributed by atoms with Crippen LogP contribution in [0.15, 0.2) is 12.1 Å². The molecule has 0 spiro atoms. The Bertz CT molecular complexity index is 704. The third-order valence-electron chi connectivity index (χ3n) is 5.77. The van der Waals surface area contributed by atoms with Gasteiger partial charge in [-0.3, -0.25) is 9.59 Å². The minimum atomic E-state index is -0.304. The molecule has 26 heavy (non-hydrogen) atoms. The average molecular weight is 358 g/mol. The highest BCUT2D eigenvalue weighted by atomic mass is 16.5. The zero-order valence-electron chi connectivity index (χ0n) is 15.1. The Morgan fingerprint density at radius 1 is 0.962 bits per heavy atom. The van der Waals surface area contributed by atoms with E-state index in [-0.39, 0.29) is 23.7 Å². The zero-order chi connectivity index (χ0) is 18.1. The third kappa shape index (κ3) is 3.30. The van der Waals surface area contributed by atoms with Crippen LogP contribution in [-0.2, 0) is 22.4 Å². The molecule has 3 aliphatic rings. The van der Waals surface area contributed by atoms with Gasteiger partial charge in [-0.25, -0.2) is 0 Å². The van der Waals surface area contributed by atoms with Gasteiger partial charge in [0.15, 0.2) is 0 Å². The molecule has 1 N–H and O–H groups in total. The maximum atomic E-state index is 12.9. The largest absolute Gasteiger partial charge is 0.507 e. The van der Waals surface area contributed by atoms with E-state index in [9.17, 15) is 14.7 Å². The summed E-state index contributed by atoms with van der Waals surface area (Å²) < 4.78 is 5.48. The standard InChI is InChI=1S/C20H26N2O4/c23-17-13-15-5-2-1-4-14(15)12-16(17)19(24)21-7-9-22(10-8-21)20(25)18-6-3-11-26-18/h12-13,18,23H,1-11H2. The predicted molar refractivity (Wildman–Crippen MR) is 96.2 cm³/mol. The van der Waals surface area contributed by atoms with E-state index >= 15 is 0 Å². The number of phenolic OH excluding ortho intramolecular Hbond substituents is 1. The first-order chi connectivity index (χ1) is 12.6. The van der Waals surface area contributed by atoms with Gasteiger partial charge in [0.2, 0.25) is 0 Å². The second-order valence-corrected chi connectivity index (χ2v) is 7.46. The van der Waals surface area contributed by atoms with Gasteiger partial charge < -0.3 is 19.6 Å². The molecular weight excluding hydrogens is 332 g/mol. The number of hydrogen-bond donors (Lipinski definition) is 1. The van der Waals surface area contributed by atoms with Crippen LogP contribution in [0.2, 0.25) is 0 Å². The fourth-order valence-electron chi connectivity index (χ4n) is 4.22. The highest BCUT2D eigenvalue weighted by molar-refractivity contribution is 5.97. The molecule has 4 rings (SSSR count). The molecule has 0 radical (unpaired) electrons. The van der Waals surface area contributed by atoms with E-state index in [1.807, 2.05) is 6.07 Å². The summed E-state index contributed by atoms with van der Waals surface area (Å²) in [6, 6.07) is 3.63. The van der Waals surface area contributed by atoms with Gasteiger partial charge >= 0.3 is 0 Å². The van der Waals surface area contributed by atoms with Gasteiger partial charge in [0, 0.05) is 32.8 Å². The molecule has 1 aromatic rings. The molecule has 0 bridgehead atoms. The van der Waals surface area contributed by atoms with Crippen LogP contribution in [0.5, 0.6) is 5.75 Å². The number of rotatable bonds is 2. The third-order valence-corrected chi connectivity index (χ3v) is 5.77. The van der Waals surface area contributed by atoms with E-state index in [1.54, 1.807) is 15.9 Å². The lowest BCUT2D eigenvalue weighted by Crippen LogP contribution is -2.52. The van der Waals surface area contributed by atoms with Crippen LogP contribution in [0.1, 0.15) is 47.2 Å². The van der Waals surface area contributed by atoms with Gasteiger partial charge in [-0.05, 0) is 61.8 Å². The van der Waals surface area contributed by atoms with Crippen molar-refractivity contribution in [1.82, 2.24) is 9.80 Å². The first kappa shape index (κ1) is 17.3. The lowest BCUT2D eigenvalue weighted by Gasteiger charge is -2.36. The number of carbonyl (C=O) groups excluding carboxylic acids is 2. The SMILES string of the molecule is O=C(c1cc2c(cc1O)CCCC2)N1CCN(C(=O)C2CCCO2)CC1. The Morgan fingerprint density at radius 2 is 1.62 bits per heavy atom. The number of aromatic hydroxyl groups is 1. The summed E-state index contributed by atoms with van der Waals surface area (Å²) in [6.07, 6.45) is 5.64.